The summed E-state index contributed by atoms with van der Waals surface area (Å²) >= 11 is 5.26. The first-order valence-electron chi connectivity index (χ1n) is 10.5. The summed E-state index contributed by atoms with van der Waals surface area (Å²) in [5.74, 6) is -0.906. The van der Waals surface area contributed by atoms with Gasteiger partial charge in [0.2, 0.25) is 0 Å². The zero-order valence-electron chi connectivity index (χ0n) is 18.2. The summed E-state index contributed by atoms with van der Waals surface area (Å²) in [6.07, 6.45) is 0.588. The van der Waals surface area contributed by atoms with E-state index in [0.717, 1.165) is 0 Å². The minimum atomic E-state index is -1.15. The molecule has 10 nitrogen and oxygen atoms in total. The monoisotopic (exact) mass is 489 g/mol. The number of rotatable bonds is 7. The van der Waals surface area contributed by atoms with Crippen molar-refractivity contribution in [3.63, 3.8) is 0 Å². The van der Waals surface area contributed by atoms with Crippen LogP contribution in [0.1, 0.15) is 16.8 Å². The number of hydrogen-bond acceptors (Lipinski definition) is 6. The second-order valence-electron chi connectivity index (χ2n) is 7.57. The van der Waals surface area contributed by atoms with Crippen LogP contribution in [-0.2, 0) is 0 Å². The Kier molecular flexibility index (Phi) is 6.81. The molecule has 1 heterocycles. The Morgan fingerprint density at radius 1 is 1.11 bits per heavy atom. The van der Waals surface area contributed by atoms with Gasteiger partial charge in [-0.05, 0) is 66.1 Å². The minimum Gasteiger partial charge on any atom is -0.508 e. The molecule has 2 aromatic rings. The third-order valence-electron chi connectivity index (χ3n) is 5.24. The first kappa shape index (κ1) is 23.6. The number of carboxylic acid groups (broad SMARTS) is 1. The lowest BCUT2D eigenvalue weighted by Crippen LogP contribution is -2.29. The number of fused-ring (bicyclic) bond motifs is 2. The lowest BCUT2D eigenvalue weighted by atomic mass is 9.90. The maximum Gasteiger partial charge on any atom is 0.336 e. The Morgan fingerprint density at radius 2 is 1.91 bits per heavy atom. The zero-order valence-corrected chi connectivity index (χ0v) is 19.0. The number of anilines is 1. The number of carbonyl (C=O) groups is 1. The molecular formula is C24H19N5O5S. The van der Waals surface area contributed by atoms with Crippen molar-refractivity contribution in [3.05, 3.63) is 80.8 Å². The number of thiocarbonyl (C=S) groups is 1. The van der Waals surface area contributed by atoms with E-state index in [0.29, 0.717) is 58.0 Å². The van der Waals surface area contributed by atoms with Crippen LogP contribution in [0.4, 0.5) is 5.69 Å². The molecular weight excluding hydrogens is 470 g/mol. The fourth-order valence-electron chi connectivity index (χ4n) is 3.74. The number of azide groups is 1. The second-order valence-corrected chi connectivity index (χ2v) is 7.98. The zero-order chi connectivity index (χ0) is 24.9. The van der Waals surface area contributed by atoms with E-state index in [1.807, 2.05) is 0 Å². The van der Waals surface area contributed by atoms with Gasteiger partial charge in [-0.3, -0.25) is 4.79 Å². The van der Waals surface area contributed by atoms with E-state index >= 15 is 0 Å². The molecule has 1 aliphatic heterocycles. The maximum absolute atomic E-state index is 12.3. The SMILES string of the molecule is [N-]=[N+]=NCCCNC(=S)Nc1ccc(-c2c3ccc(=O)cc-3oc3cc(O)ccc23)c(C(=O)O)c1. The van der Waals surface area contributed by atoms with Gasteiger partial charge in [-0.25, -0.2) is 4.79 Å². The van der Waals surface area contributed by atoms with Crippen LogP contribution < -0.4 is 16.1 Å². The quantitative estimate of drug-likeness (QED) is 0.0708. The molecule has 0 saturated heterocycles. The van der Waals surface area contributed by atoms with Crippen LogP contribution in [0, 0.1) is 0 Å². The highest BCUT2D eigenvalue weighted by atomic mass is 32.1. The normalized spacial score (nSPS) is 10.6. The first-order valence-corrected chi connectivity index (χ1v) is 10.9. The number of phenols is 1. The Morgan fingerprint density at radius 3 is 2.69 bits per heavy atom. The van der Waals surface area contributed by atoms with Crippen LogP contribution in [0.3, 0.4) is 0 Å². The van der Waals surface area contributed by atoms with E-state index in [1.165, 1.54) is 30.3 Å². The van der Waals surface area contributed by atoms with Gasteiger partial charge in [0.15, 0.2) is 10.5 Å². The number of aromatic hydroxyl groups is 1. The smallest absolute Gasteiger partial charge is 0.336 e. The molecule has 2 aliphatic rings. The van der Waals surface area contributed by atoms with E-state index in [-0.39, 0.29) is 22.5 Å². The molecule has 11 heteroatoms. The van der Waals surface area contributed by atoms with Crippen molar-refractivity contribution in [2.75, 3.05) is 18.4 Å². The van der Waals surface area contributed by atoms with Gasteiger partial charge in [0.05, 0.1) is 5.56 Å². The molecule has 0 amide bonds. The molecule has 4 rings (SSSR count). The van der Waals surface area contributed by atoms with Crippen molar-refractivity contribution in [3.8, 4) is 28.2 Å². The summed E-state index contributed by atoms with van der Waals surface area (Å²) in [7, 11) is 0. The third kappa shape index (κ3) is 5.16. The van der Waals surface area contributed by atoms with E-state index < -0.39 is 5.97 Å². The molecule has 35 heavy (non-hydrogen) atoms. The molecule has 176 valence electrons. The number of hydrogen-bond donors (Lipinski definition) is 4. The van der Waals surface area contributed by atoms with Gasteiger partial charge in [-0.2, -0.15) is 0 Å². The van der Waals surface area contributed by atoms with E-state index in [4.69, 9.17) is 22.2 Å². The number of carboxylic acids is 1. The topological polar surface area (TPSA) is 161 Å². The Bertz CT molecular complexity index is 1530. The van der Waals surface area contributed by atoms with Crippen molar-refractivity contribution in [2.45, 2.75) is 6.42 Å². The van der Waals surface area contributed by atoms with Crippen LogP contribution >= 0.6 is 12.2 Å². The Hall–Kier alpha value is -4.60. The summed E-state index contributed by atoms with van der Waals surface area (Å²) < 4.78 is 5.84. The summed E-state index contributed by atoms with van der Waals surface area (Å²) in [6, 6.07) is 13.7. The molecule has 4 N–H and O–H groups in total. The average molecular weight is 490 g/mol. The van der Waals surface area contributed by atoms with Crippen LogP contribution in [0.2, 0.25) is 0 Å². The predicted octanol–water partition coefficient (Wildman–Crippen LogP) is 4.96. The highest BCUT2D eigenvalue weighted by Crippen LogP contribution is 2.42. The van der Waals surface area contributed by atoms with Gasteiger partial charge in [0, 0.05) is 52.3 Å². The Labute approximate surface area is 203 Å². The van der Waals surface area contributed by atoms with Gasteiger partial charge in [0.25, 0.3) is 0 Å². The van der Waals surface area contributed by atoms with Crippen molar-refractivity contribution in [1.29, 1.82) is 0 Å². The highest BCUT2D eigenvalue weighted by molar-refractivity contribution is 7.80. The van der Waals surface area contributed by atoms with Gasteiger partial charge >= 0.3 is 5.97 Å². The molecule has 0 aromatic heterocycles. The number of phenolic OH excluding ortho intramolecular Hbond substituents is 1. The van der Waals surface area contributed by atoms with Crippen LogP contribution in [-0.4, -0.2) is 34.4 Å². The molecule has 0 atom stereocenters. The molecule has 0 spiro atoms. The molecule has 0 saturated carbocycles. The summed E-state index contributed by atoms with van der Waals surface area (Å²) in [5.41, 5.74) is 10.4. The van der Waals surface area contributed by atoms with Crippen molar-refractivity contribution in [1.82, 2.24) is 5.32 Å². The summed E-state index contributed by atoms with van der Waals surface area (Å²) in [6.45, 7) is 0.815. The van der Waals surface area contributed by atoms with Crippen molar-refractivity contribution in [2.24, 2.45) is 5.11 Å². The summed E-state index contributed by atoms with van der Waals surface area (Å²) in [4.78, 5) is 26.9. The number of benzene rings is 3. The van der Waals surface area contributed by atoms with E-state index in [9.17, 15) is 19.8 Å². The molecule has 0 fully saturated rings. The Balaban J connectivity index is 1.76. The van der Waals surface area contributed by atoms with Gasteiger partial charge in [-0.15, -0.1) is 0 Å². The van der Waals surface area contributed by atoms with Crippen LogP contribution in [0.15, 0.2) is 68.9 Å². The lowest BCUT2D eigenvalue weighted by Gasteiger charge is -2.18. The fourth-order valence-corrected chi connectivity index (χ4v) is 3.96. The third-order valence-corrected chi connectivity index (χ3v) is 5.48. The summed E-state index contributed by atoms with van der Waals surface area (Å²) in [5, 5.41) is 30.2. The fraction of sp³-hybridized carbons (Fsp3) is 0.125. The van der Waals surface area contributed by atoms with Crippen molar-refractivity contribution < 1.29 is 19.4 Å². The number of aromatic carboxylic acids is 1. The molecule has 0 radical (unpaired) electrons. The molecule has 2 aromatic carbocycles. The van der Waals surface area contributed by atoms with Gasteiger partial charge in [-0.1, -0.05) is 11.2 Å². The van der Waals surface area contributed by atoms with E-state index in [2.05, 4.69) is 20.7 Å². The maximum atomic E-state index is 12.3. The van der Waals surface area contributed by atoms with Crippen LogP contribution in [0.25, 0.3) is 43.9 Å². The average Bonchev–Trinajstić information content (AvgIpc) is 2.82. The van der Waals surface area contributed by atoms with Crippen LogP contribution in [0.5, 0.6) is 5.75 Å². The van der Waals surface area contributed by atoms with E-state index in [1.54, 1.807) is 24.3 Å². The lowest BCUT2D eigenvalue weighted by molar-refractivity contribution is 0.0697. The van der Waals surface area contributed by atoms with Gasteiger partial charge in [0.1, 0.15) is 17.1 Å². The number of nitrogens with zero attached hydrogens (tertiary/aromatic N) is 3. The minimum absolute atomic E-state index is 0.00855. The van der Waals surface area contributed by atoms with Gasteiger partial charge < -0.3 is 25.3 Å². The molecule has 1 aliphatic carbocycles. The standard InChI is InChI=1S/C24H19N5O5S/c25-29-27-9-1-8-26-24(35)28-13-2-5-16(19(10-13)23(32)33)22-17-6-3-14(30)11-20(17)34-21-12-15(31)4-7-18(21)22/h2-7,10-12,30H,1,8-9H2,(H,32,33)(H2,26,28,35). The second kappa shape index (κ2) is 10.1. The highest BCUT2D eigenvalue weighted by Gasteiger charge is 2.22. The predicted molar refractivity (Wildman–Crippen MR) is 136 cm³/mol. The molecule has 0 unspecified atom stereocenters. The van der Waals surface area contributed by atoms with Crippen molar-refractivity contribution >= 4 is 40.0 Å². The largest absolute Gasteiger partial charge is 0.508 e. The molecule has 0 bridgehead atoms. The number of nitrogens with one attached hydrogen (secondary N) is 2. The first-order chi connectivity index (χ1) is 16.9.